The fraction of sp³-hybridized carbons (Fsp3) is 0.286. The van der Waals surface area contributed by atoms with Gasteiger partial charge in [0, 0.05) is 42.7 Å². The molecule has 0 radical (unpaired) electrons. The Morgan fingerprint density at radius 3 is 2.59 bits per heavy atom. The third kappa shape index (κ3) is 3.45. The molecule has 0 spiro atoms. The predicted octanol–water partition coefficient (Wildman–Crippen LogP) is 3.90. The van der Waals surface area contributed by atoms with Gasteiger partial charge >= 0.3 is 0 Å². The van der Waals surface area contributed by atoms with Crippen LogP contribution >= 0.6 is 12.2 Å². The quantitative estimate of drug-likeness (QED) is 0.684. The SMILES string of the molecule is CC(C)CN1C(=S)N[C@H](c2ccccn2)[C@H]1c1cccn1-c1ccncc1. The maximum absolute atomic E-state index is 5.71. The summed E-state index contributed by atoms with van der Waals surface area (Å²) in [5, 5.41) is 4.30. The molecule has 4 rings (SSSR count). The van der Waals surface area contributed by atoms with Crippen LogP contribution in [-0.2, 0) is 0 Å². The highest BCUT2D eigenvalue weighted by Gasteiger charge is 2.41. The Morgan fingerprint density at radius 2 is 1.89 bits per heavy atom. The van der Waals surface area contributed by atoms with E-state index in [1.54, 1.807) is 0 Å². The van der Waals surface area contributed by atoms with Crippen LogP contribution in [0.4, 0.5) is 0 Å². The molecular weight excluding hydrogens is 354 g/mol. The first-order chi connectivity index (χ1) is 13.1. The summed E-state index contributed by atoms with van der Waals surface area (Å²) in [6.07, 6.45) is 7.57. The van der Waals surface area contributed by atoms with Crippen molar-refractivity contribution < 1.29 is 0 Å². The molecule has 0 unspecified atom stereocenters. The lowest BCUT2D eigenvalue weighted by molar-refractivity contribution is 0.280. The minimum Gasteiger partial charge on any atom is -0.352 e. The summed E-state index contributed by atoms with van der Waals surface area (Å²) in [6, 6.07) is 14.4. The third-order valence-electron chi connectivity index (χ3n) is 4.78. The molecule has 1 fully saturated rings. The average Bonchev–Trinajstić information content (AvgIpc) is 3.28. The smallest absolute Gasteiger partial charge is 0.170 e. The summed E-state index contributed by atoms with van der Waals surface area (Å²) in [6.45, 7) is 5.33. The number of rotatable bonds is 5. The Kier molecular flexibility index (Phi) is 4.90. The minimum absolute atomic E-state index is 0.00735. The second-order valence-electron chi connectivity index (χ2n) is 7.18. The zero-order valence-electron chi connectivity index (χ0n) is 15.5. The standard InChI is InChI=1S/C21H23N5S/c1-15(2)14-26-20(19(24-21(26)27)17-6-3-4-10-23-17)18-7-5-13-25(18)16-8-11-22-12-9-16/h3-13,15,19-20H,14H2,1-2H3,(H,24,27)/t19-,20-/m1/s1. The van der Waals surface area contributed by atoms with Crippen LogP contribution in [0.15, 0.2) is 67.3 Å². The number of nitrogens with one attached hydrogen (secondary N) is 1. The van der Waals surface area contributed by atoms with Crippen molar-refractivity contribution in [2.45, 2.75) is 25.9 Å². The molecule has 3 aromatic heterocycles. The van der Waals surface area contributed by atoms with Crippen LogP contribution in [0.1, 0.15) is 37.3 Å². The monoisotopic (exact) mass is 377 g/mol. The second kappa shape index (κ2) is 7.48. The highest BCUT2D eigenvalue weighted by atomic mass is 32.1. The van der Waals surface area contributed by atoms with Gasteiger partial charge in [0.15, 0.2) is 5.11 Å². The molecule has 0 bridgehead atoms. The molecule has 2 atom stereocenters. The van der Waals surface area contributed by atoms with Gasteiger partial charge < -0.3 is 14.8 Å². The summed E-state index contributed by atoms with van der Waals surface area (Å²) in [7, 11) is 0. The first-order valence-corrected chi connectivity index (χ1v) is 9.61. The Morgan fingerprint density at radius 1 is 1.07 bits per heavy atom. The topological polar surface area (TPSA) is 46.0 Å². The van der Waals surface area contributed by atoms with Crippen molar-refractivity contribution in [1.82, 2.24) is 24.8 Å². The third-order valence-corrected chi connectivity index (χ3v) is 5.14. The molecule has 0 aromatic carbocycles. The Balaban J connectivity index is 1.81. The van der Waals surface area contributed by atoms with E-state index in [9.17, 15) is 0 Å². The molecule has 5 nitrogen and oxygen atoms in total. The largest absolute Gasteiger partial charge is 0.352 e. The molecule has 138 valence electrons. The van der Waals surface area contributed by atoms with Crippen LogP contribution in [0.5, 0.6) is 0 Å². The summed E-state index contributed by atoms with van der Waals surface area (Å²) in [5.74, 6) is 0.499. The van der Waals surface area contributed by atoms with Gasteiger partial charge in [-0.25, -0.2) is 0 Å². The lowest BCUT2D eigenvalue weighted by atomic mass is 10.0. The van der Waals surface area contributed by atoms with Crippen molar-refractivity contribution in [3.63, 3.8) is 0 Å². The molecule has 0 saturated carbocycles. The molecule has 6 heteroatoms. The molecule has 27 heavy (non-hydrogen) atoms. The van der Waals surface area contributed by atoms with Gasteiger partial charge in [0.25, 0.3) is 0 Å². The van der Waals surface area contributed by atoms with E-state index < -0.39 is 0 Å². The van der Waals surface area contributed by atoms with E-state index in [1.807, 2.05) is 42.9 Å². The van der Waals surface area contributed by atoms with Crippen molar-refractivity contribution in [2.24, 2.45) is 5.92 Å². The molecule has 4 heterocycles. The zero-order chi connectivity index (χ0) is 18.8. The van der Waals surface area contributed by atoms with Crippen molar-refractivity contribution in [3.8, 4) is 5.69 Å². The van der Waals surface area contributed by atoms with Gasteiger partial charge in [-0.05, 0) is 54.5 Å². The number of pyridine rings is 2. The van der Waals surface area contributed by atoms with Crippen LogP contribution in [0.25, 0.3) is 5.69 Å². The van der Waals surface area contributed by atoms with Crippen molar-refractivity contribution in [1.29, 1.82) is 0 Å². The predicted molar refractivity (Wildman–Crippen MR) is 111 cm³/mol. The molecule has 1 saturated heterocycles. The van der Waals surface area contributed by atoms with Crippen LogP contribution in [0, 0.1) is 5.92 Å². The first-order valence-electron chi connectivity index (χ1n) is 9.21. The zero-order valence-corrected chi connectivity index (χ0v) is 16.3. The number of hydrogen-bond donors (Lipinski definition) is 1. The highest BCUT2D eigenvalue weighted by Crippen LogP contribution is 2.39. The van der Waals surface area contributed by atoms with Gasteiger partial charge in [-0.1, -0.05) is 19.9 Å². The fourth-order valence-corrected chi connectivity index (χ4v) is 4.01. The molecule has 1 aliphatic rings. The highest BCUT2D eigenvalue weighted by molar-refractivity contribution is 7.80. The van der Waals surface area contributed by atoms with Gasteiger partial charge in [0.2, 0.25) is 0 Å². The lowest BCUT2D eigenvalue weighted by Crippen LogP contribution is -2.33. The summed E-state index contributed by atoms with van der Waals surface area (Å²) in [4.78, 5) is 11.0. The maximum Gasteiger partial charge on any atom is 0.170 e. The normalized spacial score (nSPS) is 19.5. The number of nitrogens with zero attached hydrogens (tertiary/aromatic N) is 4. The van der Waals surface area contributed by atoms with Gasteiger partial charge in [0.1, 0.15) is 0 Å². The second-order valence-corrected chi connectivity index (χ2v) is 7.57. The minimum atomic E-state index is 0.00735. The van der Waals surface area contributed by atoms with Crippen molar-refractivity contribution >= 4 is 17.3 Å². The van der Waals surface area contributed by atoms with E-state index >= 15 is 0 Å². The summed E-state index contributed by atoms with van der Waals surface area (Å²) < 4.78 is 2.21. The van der Waals surface area contributed by atoms with Crippen LogP contribution in [0.3, 0.4) is 0 Å². The maximum atomic E-state index is 5.71. The van der Waals surface area contributed by atoms with Crippen LogP contribution in [0.2, 0.25) is 0 Å². The van der Waals surface area contributed by atoms with E-state index in [1.165, 1.54) is 5.69 Å². The van der Waals surface area contributed by atoms with Gasteiger partial charge in [-0.3, -0.25) is 9.97 Å². The molecule has 3 aromatic rings. The first kappa shape index (κ1) is 17.7. The van der Waals surface area contributed by atoms with E-state index in [0.717, 1.165) is 23.0 Å². The molecule has 1 aliphatic heterocycles. The number of thiocarbonyl (C=S) groups is 1. The van der Waals surface area contributed by atoms with E-state index in [-0.39, 0.29) is 12.1 Å². The summed E-state index contributed by atoms with van der Waals surface area (Å²) in [5.41, 5.74) is 3.27. The van der Waals surface area contributed by atoms with Gasteiger partial charge in [-0.2, -0.15) is 0 Å². The average molecular weight is 378 g/mol. The van der Waals surface area contributed by atoms with E-state index in [0.29, 0.717) is 5.92 Å². The van der Waals surface area contributed by atoms with Crippen molar-refractivity contribution in [3.05, 3.63) is 78.6 Å². The molecule has 0 aliphatic carbocycles. The Bertz CT molecular complexity index is 907. The van der Waals surface area contributed by atoms with E-state index in [2.05, 4.69) is 63.0 Å². The number of hydrogen-bond acceptors (Lipinski definition) is 3. The van der Waals surface area contributed by atoms with Crippen LogP contribution < -0.4 is 5.32 Å². The number of aromatic nitrogens is 3. The Labute approximate surface area is 165 Å². The van der Waals surface area contributed by atoms with Crippen molar-refractivity contribution in [2.75, 3.05) is 6.54 Å². The Hall–Kier alpha value is -2.73. The summed E-state index contributed by atoms with van der Waals surface area (Å²) >= 11 is 5.71. The van der Waals surface area contributed by atoms with Gasteiger partial charge in [0.05, 0.1) is 17.8 Å². The van der Waals surface area contributed by atoms with E-state index in [4.69, 9.17) is 12.2 Å². The fourth-order valence-electron chi connectivity index (χ4n) is 3.69. The molecule has 1 N–H and O–H groups in total. The van der Waals surface area contributed by atoms with Crippen LogP contribution in [-0.4, -0.2) is 31.1 Å². The molecule has 0 amide bonds. The van der Waals surface area contributed by atoms with Gasteiger partial charge in [-0.15, -0.1) is 0 Å². The lowest BCUT2D eigenvalue weighted by Gasteiger charge is -2.30. The molecular formula is C21H23N5S.